The van der Waals surface area contributed by atoms with Gasteiger partial charge in [0.25, 0.3) is 0 Å². The second kappa shape index (κ2) is 8.14. The Balaban J connectivity index is 0.00000192. The Kier molecular flexibility index (Phi) is 6.20. The lowest BCUT2D eigenvalue weighted by Gasteiger charge is -2.25. The van der Waals surface area contributed by atoms with Gasteiger partial charge in [0.15, 0.2) is 11.5 Å². The molecule has 8 heteroatoms. The van der Waals surface area contributed by atoms with Crippen LogP contribution in [-0.2, 0) is 6.54 Å². The molecule has 1 aromatic carbocycles. The van der Waals surface area contributed by atoms with E-state index in [-0.39, 0.29) is 12.4 Å². The number of hydrogen-bond acceptors (Lipinski definition) is 7. The molecule has 0 atom stereocenters. The van der Waals surface area contributed by atoms with Crippen LogP contribution in [0.2, 0.25) is 0 Å². The van der Waals surface area contributed by atoms with Crippen LogP contribution in [0.4, 0.5) is 0 Å². The molecule has 0 spiro atoms. The summed E-state index contributed by atoms with van der Waals surface area (Å²) >= 11 is 0. The zero-order valence-corrected chi connectivity index (χ0v) is 14.1. The molecule has 0 unspecified atom stereocenters. The van der Waals surface area contributed by atoms with Crippen molar-refractivity contribution in [3.63, 3.8) is 0 Å². The first-order valence-corrected chi connectivity index (χ1v) is 7.28. The smallest absolute Gasteiger partial charge is 0.241 e. The fraction of sp³-hybridized carbons (Fsp3) is 0.467. The van der Waals surface area contributed by atoms with Crippen LogP contribution in [0, 0.1) is 0 Å². The van der Waals surface area contributed by atoms with Gasteiger partial charge in [-0.25, -0.2) is 0 Å². The molecule has 2 aromatic rings. The summed E-state index contributed by atoms with van der Waals surface area (Å²) in [6, 6.07) is 5.57. The first kappa shape index (κ1) is 17.5. The molecule has 0 aliphatic carbocycles. The number of nitrogens with one attached hydrogen (secondary N) is 1. The summed E-state index contributed by atoms with van der Waals surface area (Å²) in [5, 5.41) is 7.38. The second-order valence-electron chi connectivity index (χ2n) is 5.11. The van der Waals surface area contributed by atoms with Crippen molar-refractivity contribution in [3.05, 3.63) is 24.1 Å². The van der Waals surface area contributed by atoms with Crippen molar-refractivity contribution < 1.29 is 14.0 Å². The highest BCUT2D eigenvalue weighted by atomic mass is 35.5. The van der Waals surface area contributed by atoms with Gasteiger partial charge >= 0.3 is 0 Å². The third-order valence-corrected chi connectivity index (χ3v) is 3.68. The molecule has 1 aromatic heterocycles. The molecule has 1 aliphatic rings. The van der Waals surface area contributed by atoms with Gasteiger partial charge in [-0.2, -0.15) is 4.98 Å². The van der Waals surface area contributed by atoms with E-state index in [1.807, 2.05) is 18.2 Å². The van der Waals surface area contributed by atoms with Crippen LogP contribution >= 0.6 is 12.4 Å². The van der Waals surface area contributed by atoms with Crippen molar-refractivity contribution in [3.8, 4) is 22.9 Å². The standard InChI is InChI=1S/C15H20N4O3.ClH/c1-20-12-4-3-11(9-13(12)21-2)15-17-14(22-18-15)10-19-7-5-16-6-8-19;/h3-4,9,16H,5-8,10H2,1-2H3;1H. The number of benzene rings is 1. The minimum absolute atomic E-state index is 0. The van der Waals surface area contributed by atoms with Gasteiger partial charge in [-0.1, -0.05) is 5.16 Å². The highest BCUT2D eigenvalue weighted by molar-refractivity contribution is 5.85. The molecule has 0 saturated carbocycles. The van der Waals surface area contributed by atoms with Gasteiger partial charge in [-0.3, -0.25) is 4.90 Å². The van der Waals surface area contributed by atoms with Gasteiger partial charge in [0.1, 0.15) is 0 Å². The number of nitrogens with zero attached hydrogens (tertiary/aromatic N) is 3. The molecule has 0 radical (unpaired) electrons. The summed E-state index contributed by atoms with van der Waals surface area (Å²) in [4.78, 5) is 6.76. The average Bonchev–Trinajstić information content (AvgIpc) is 3.03. The van der Waals surface area contributed by atoms with Gasteiger partial charge < -0.3 is 19.3 Å². The van der Waals surface area contributed by atoms with Crippen LogP contribution in [0.5, 0.6) is 11.5 Å². The maximum Gasteiger partial charge on any atom is 0.241 e. The molecule has 23 heavy (non-hydrogen) atoms. The molecule has 1 N–H and O–H groups in total. The summed E-state index contributed by atoms with van der Waals surface area (Å²) in [5.74, 6) is 2.52. The fourth-order valence-corrected chi connectivity index (χ4v) is 2.47. The van der Waals surface area contributed by atoms with E-state index in [0.29, 0.717) is 29.8 Å². The Labute approximate surface area is 141 Å². The van der Waals surface area contributed by atoms with Crippen molar-refractivity contribution >= 4 is 12.4 Å². The molecule has 2 heterocycles. The molecule has 0 amide bonds. The van der Waals surface area contributed by atoms with Crippen molar-refractivity contribution in [2.45, 2.75) is 6.54 Å². The molecular weight excluding hydrogens is 320 g/mol. The Morgan fingerprint density at radius 2 is 1.91 bits per heavy atom. The van der Waals surface area contributed by atoms with Crippen LogP contribution in [-0.4, -0.2) is 55.4 Å². The molecule has 1 fully saturated rings. The third kappa shape index (κ3) is 4.13. The van der Waals surface area contributed by atoms with E-state index in [4.69, 9.17) is 14.0 Å². The molecule has 7 nitrogen and oxygen atoms in total. The van der Waals surface area contributed by atoms with E-state index in [9.17, 15) is 0 Å². The van der Waals surface area contributed by atoms with Gasteiger partial charge in [0.2, 0.25) is 11.7 Å². The van der Waals surface area contributed by atoms with E-state index in [1.165, 1.54) is 0 Å². The monoisotopic (exact) mass is 340 g/mol. The lowest BCUT2D eigenvalue weighted by molar-refractivity contribution is 0.203. The minimum Gasteiger partial charge on any atom is -0.493 e. The van der Waals surface area contributed by atoms with Crippen molar-refractivity contribution in [2.75, 3.05) is 40.4 Å². The van der Waals surface area contributed by atoms with Crippen molar-refractivity contribution in [2.24, 2.45) is 0 Å². The highest BCUT2D eigenvalue weighted by Gasteiger charge is 2.16. The fourth-order valence-electron chi connectivity index (χ4n) is 2.47. The highest BCUT2D eigenvalue weighted by Crippen LogP contribution is 2.31. The molecule has 126 valence electrons. The van der Waals surface area contributed by atoms with Crippen LogP contribution in [0.25, 0.3) is 11.4 Å². The maximum absolute atomic E-state index is 5.36. The minimum atomic E-state index is 0. The number of halogens is 1. The SMILES string of the molecule is COc1ccc(-c2noc(CN3CCNCC3)n2)cc1OC.Cl. The Bertz CT molecular complexity index is 629. The number of rotatable bonds is 5. The summed E-state index contributed by atoms with van der Waals surface area (Å²) in [6.07, 6.45) is 0. The number of methoxy groups -OCH3 is 2. The molecular formula is C15H21ClN4O3. The van der Waals surface area contributed by atoms with Crippen molar-refractivity contribution in [1.82, 2.24) is 20.4 Å². The molecule has 3 rings (SSSR count). The maximum atomic E-state index is 5.36. The summed E-state index contributed by atoms with van der Waals surface area (Å²) < 4.78 is 15.9. The zero-order valence-electron chi connectivity index (χ0n) is 13.2. The van der Waals surface area contributed by atoms with E-state index < -0.39 is 0 Å². The Morgan fingerprint density at radius 1 is 1.17 bits per heavy atom. The zero-order chi connectivity index (χ0) is 15.4. The number of ether oxygens (including phenoxy) is 2. The summed E-state index contributed by atoms with van der Waals surface area (Å²) in [7, 11) is 3.21. The van der Waals surface area contributed by atoms with Gasteiger partial charge in [0, 0.05) is 31.7 Å². The topological polar surface area (TPSA) is 72.7 Å². The van der Waals surface area contributed by atoms with Gasteiger partial charge in [-0.15, -0.1) is 12.4 Å². The lowest BCUT2D eigenvalue weighted by atomic mass is 10.2. The van der Waals surface area contributed by atoms with E-state index >= 15 is 0 Å². The quantitative estimate of drug-likeness (QED) is 0.885. The lowest BCUT2D eigenvalue weighted by Crippen LogP contribution is -2.42. The number of piperazine rings is 1. The predicted molar refractivity (Wildman–Crippen MR) is 88.2 cm³/mol. The second-order valence-corrected chi connectivity index (χ2v) is 5.11. The van der Waals surface area contributed by atoms with Crippen molar-refractivity contribution in [1.29, 1.82) is 0 Å². The summed E-state index contributed by atoms with van der Waals surface area (Å²) in [6.45, 7) is 4.66. The Hall–Kier alpha value is -1.83. The Morgan fingerprint density at radius 3 is 2.61 bits per heavy atom. The molecule has 1 aliphatic heterocycles. The van der Waals surface area contributed by atoms with Crippen LogP contribution < -0.4 is 14.8 Å². The predicted octanol–water partition coefficient (Wildman–Crippen LogP) is 1.58. The average molecular weight is 341 g/mol. The van der Waals surface area contributed by atoms with E-state index in [1.54, 1.807) is 14.2 Å². The van der Waals surface area contributed by atoms with Gasteiger partial charge in [-0.05, 0) is 18.2 Å². The van der Waals surface area contributed by atoms with Gasteiger partial charge in [0.05, 0.1) is 20.8 Å². The first-order chi connectivity index (χ1) is 10.8. The number of aromatic nitrogens is 2. The van der Waals surface area contributed by atoms with Crippen LogP contribution in [0.15, 0.2) is 22.7 Å². The number of hydrogen-bond donors (Lipinski definition) is 1. The summed E-state index contributed by atoms with van der Waals surface area (Å²) in [5.41, 5.74) is 0.841. The van der Waals surface area contributed by atoms with E-state index in [2.05, 4.69) is 20.4 Å². The normalized spacial score (nSPS) is 15.0. The van der Waals surface area contributed by atoms with Crippen LogP contribution in [0.3, 0.4) is 0 Å². The third-order valence-electron chi connectivity index (χ3n) is 3.68. The van der Waals surface area contributed by atoms with Crippen LogP contribution in [0.1, 0.15) is 5.89 Å². The molecule has 0 bridgehead atoms. The molecule has 1 saturated heterocycles. The first-order valence-electron chi connectivity index (χ1n) is 7.28. The largest absolute Gasteiger partial charge is 0.493 e. The van der Waals surface area contributed by atoms with E-state index in [0.717, 1.165) is 31.7 Å².